The lowest BCUT2D eigenvalue weighted by atomic mass is 10.1. The maximum absolute atomic E-state index is 11.3. The van der Waals surface area contributed by atoms with Crippen LogP contribution in [0.25, 0.3) is 16.9 Å². The quantitative estimate of drug-likeness (QED) is 0.777. The molecule has 2 aromatic carbocycles. The van der Waals surface area contributed by atoms with Gasteiger partial charge in [-0.15, -0.1) is 0 Å². The van der Waals surface area contributed by atoms with Crippen molar-refractivity contribution in [1.82, 2.24) is 9.78 Å². The van der Waals surface area contributed by atoms with E-state index in [-0.39, 0.29) is 0 Å². The molecule has 5 heteroatoms. The smallest absolute Gasteiger partial charge is 0.317 e. The first-order chi connectivity index (χ1) is 10.7. The van der Waals surface area contributed by atoms with Crippen molar-refractivity contribution in [2.45, 2.75) is 6.92 Å². The molecule has 3 rings (SSSR count). The summed E-state index contributed by atoms with van der Waals surface area (Å²) in [6, 6.07) is 18.8. The molecule has 0 atom stereocenters. The van der Waals surface area contributed by atoms with E-state index in [0.29, 0.717) is 5.82 Å². The Morgan fingerprint density at radius 3 is 2.23 bits per heavy atom. The van der Waals surface area contributed by atoms with Crippen molar-refractivity contribution in [2.24, 2.45) is 5.73 Å². The van der Waals surface area contributed by atoms with Gasteiger partial charge in [-0.3, -0.25) is 5.32 Å². The van der Waals surface area contributed by atoms with Gasteiger partial charge in [0.05, 0.1) is 11.4 Å². The van der Waals surface area contributed by atoms with Crippen LogP contribution in [-0.2, 0) is 0 Å². The molecule has 0 aliphatic rings. The minimum atomic E-state index is -0.611. The van der Waals surface area contributed by atoms with Gasteiger partial charge in [0.2, 0.25) is 0 Å². The summed E-state index contributed by atoms with van der Waals surface area (Å²) in [7, 11) is 0. The van der Waals surface area contributed by atoms with Crippen LogP contribution in [0.5, 0.6) is 0 Å². The highest BCUT2D eigenvalue weighted by Gasteiger charge is 2.17. The second-order valence-corrected chi connectivity index (χ2v) is 4.92. The summed E-state index contributed by atoms with van der Waals surface area (Å²) >= 11 is 0. The van der Waals surface area contributed by atoms with Crippen molar-refractivity contribution >= 4 is 11.8 Å². The van der Waals surface area contributed by atoms with Gasteiger partial charge in [0.15, 0.2) is 0 Å². The van der Waals surface area contributed by atoms with Gasteiger partial charge in [-0.25, -0.2) is 9.48 Å². The molecule has 2 amide bonds. The third-order valence-corrected chi connectivity index (χ3v) is 3.41. The van der Waals surface area contributed by atoms with Crippen LogP contribution in [0, 0.1) is 6.92 Å². The number of primary amides is 1. The number of amides is 2. The van der Waals surface area contributed by atoms with Crippen molar-refractivity contribution in [3.05, 3.63) is 66.2 Å². The second-order valence-electron chi connectivity index (χ2n) is 4.92. The molecule has 5 nitrogen and oxygen atoms in total. The number of nitrogens with zero attached hydrogens (tertiary/aromatic N) is 2. The monoisotopic (exact) mass is 292 g/mol. The van der Waals surface area contributed by atoms with Crippen molar-refractivity contribution in [1.29, 1.82) is 0 Å². The number of hydrogen-bond donors (Lipinski definition) is 2. The molecular formula is C17H16N4O. The van der Waals surface area contributed by atoms with E-state index in [1.807, 2.05) is 67.6 Å². The zero-order chi connectivity index (χ0) is 15.5. The number of anilines is 1. The van der Waals surface area contributed by atoms with Gasteiger partial charge in [-0.05, 0) is 19.1 Å². The Morgan fingerprint density at radius 1 is 1.05 bits per heavy atom. The van der Waals surface area contributed by atoms with Crippen LogP contribution in [0.15, 0.2) is 60.7 Å². The van der Waals surface area contributed by atoms with E-state index in [4.69, 9.17) is 5.73 Å². The number of carbonyl (C=O) groups is 1. The van der Waals surface area contributed by atoms with Gasteiger partial charge in [0, 0.05) is 11.1 Å². The topological polar surface area (TPSA) is 72.9 Å². The first kappa shape index (κ1) is 13.9. The summed E-state index contributed by atoms with van der Waals surface area (Å²) < 4.78 is 1.70. The number of rotatable bonds is 3. The third kappa shape index (κ3) is 2.56. The van der Waals surface area contributed by atoms with E-state index in [2.05, 4.69) is 10.4 Å². The lowest BCUT2D eigenvalue weighted by Gasteiger charge is -2.07. The number of aromatic nitrogens is 2. The van der Waals surface area contributed by atoms with Gasteiger partial charge in [0.25, 0.3) is 0 Å². The molecule has 0 saturated carbocycles. The van der Waals surface area contributed by atoms with Crippen molar-refractivity contribution in [2.75, 3.05) is 5.32 Å². The van der Waals surface area contributed by atoms with Gasteiger partial charge >= 0.3 is 6.03 Å². The fraction of sp³-hybridized carbons (Fsp3) is 0.0588. The van der Waals surface area contributed by atoms with Crippen LogP contribution < -0.4 is 11.1 Å². The van der Waals surface area contributed by atoms with Crippen LogP contribution in [0.2, 0.25) is 0 Å². The zero-order valence-electron chi connectivity index (χ0n) is 12.2. The van der Waals surface area contributed by atoms with Crippen molar-refractivity contribution in [3.8, 4) is 16.9 Å². The Kier molecular flexibility index (Phi) is 3.62. The van der Waals surface area contributed by atoms with Crippen LogP contribution in [0.3, 0.4) is 0 Å². The lowest BCUT2D eigenvalue weighted by Crippen LogP contribution is -2.21. The molecule has 0 saturated heterocycles. The van der Waals surface area contributed by atoms with E-state index in [9.17, 15) is 4.79 Å². The zero-order valence-corrected chi connectivity index (χ0v) is 12.2. The number of benzene rings is 2. The summed E-state index contributed by atoms with van der Waals surface area (Å²) in [5.74, 6) is 0.581. The Morgan fingerprint density at radius 2 is 1.64 bits per heavy atom. The highest BCUT2D eigenvalue weighted by atomic mass is 16.2. The first-order valence-corrected chi connectivity index (χ1v) is 6.93. The number of para-hydroxylation sites is 1. The van der Waals surface area contributed by atoms with Crippen LogP contribution in [0.4, 0.5) is 10.6 Å². The van der Waals surface area contributed by atoms with Crippen LogP contribution in [-0.4, -0.2) is 15.8 Å². The highest BCUT2D eigenvalue weighted by Crippen LogP contribution is 2.30. The Balaban J connectivity index is 2.19. The van der Waals surface area contributed by atoms with E-state index in [1.54, 1.807) is 4.68 Å². The van der Waals surface area contributed by atoms with E-state index in [1.165, 1.54) is 0 Å². The fourth-order valence-electron chi connectivity index (χ4n) is 2.39. The van der Waals surface area contributed by atoms with Gasteiger partial charge in [-0.1, -0.05) is 48.5 Å². The van der Waals surface area contributed by atoms with E-state index in [0.717, 1.165) is 22.5 Å². The molecule has 3 aromatic rings. The molecule has 0 spiro atoms. The maximum atomic E-state index is 11.3. The van der Waals surface area contributed by atoms with E-state index < -0.39 is 6.03 Å². The number of hydrogen-bond acceptors (Lipinski definition) is 2. The number of nitrogens with two attached hydrogens (primary N) is 1. The molecule has 1 aromatic heterocycles. The molecule has 0 aliphatic heterocycles. The van der Waals surface area contributed by atoms with Gasteiger partial charge in [0.1, 0.15) is 5.82 Å². The number of nitrogens with one attached hydrogen (secondary N) is 1. The second kappa shape index (κ2) is 5.73. The Labute approximate surface area is 128 Å². The average molecular weight is 292 g/mol. The predicted molar refractivity (Wildman–Crippen MR) is 86.9 cm³/mol. The molecule has 0 aliphatic carbocycles. The molecule has 0 bridgehead atoms. The normalized spacial score (nSPS) is 10.4. The highest BCUT2D eigenvalue weighted by molar-refractivity contribution is 5.89. The molecule has 0 unspecified atom stereocenters. The van der Waals surface area contributed by atoms with E-state index >= 15 is 0 Å². The molecule has 110 valence electrons. The Bertz CT molecular complexity index is 794. The first-order valence-electron chi connectivity index (χ1n) is 6.93. The summed E-state index contributed by atoms with van der Waals surface area (Å²) in [6.45, 7) is 1.92. The maximum Gasteiger partial charge on any atom is 0.317 e. The number of carbonyl (C=O) groups excluding carboxylic acids is 1. The lowest BCUT2D eigenvalue weighted by molar-refractivity contribution is 0.259. The molecule has 22 heavy (non-hydrogen) atoms. The van der Waals surface area contributed by atoms with Gasteiger partial charge < -0.3 is 5.73 Å². The minimum absolute atomic E-state index is 0.581. The molecular weight excluding hydrogens is 276 g/mol. The average Bonchev–Trinajstić information content (AvgIpc) is 2.86. The predicted octanol–water partition coefficient (Wildman–Crippen LogP) is 3.34. The minimum Gasteiger partial charge on any atom is -0.351 e. The van der Waals surface area contributed by atoms with Gasteiger partial charge in [-0.2, -0.15) is 5.10 Å². The SMILES string of the molecule is Cc1c(-c2ccccc2)nn(-c2ccccc2)c1NC(N)=O. The summed E-state index contributed by atoms with van der Waals surface area (Å²) in [5, 5.41) is 7.32. The van der Waals surface area contributed by atoms with Crippen LogP contribution in [0.1, 0.15) is 5.56 Å². The third-order valence-electron chi connectivity index (χ3n) is 3.41. The van der Waals surface area contributed by atoms with Crippen LogP contribution >= 0.6 is 0 Å². The standard InChI is InChI=1S/C17H16N4O/c1-12-15(13-8-4-2-5-9-13)20-21(16(12)19-17(18)22)14-10-6-3-7-11-14/h2-11H,1H3,(H3,18,19,22). The summed E-state index contributed by atoms with van der Waals surface area (Å²) in [5.41, 5.74) is 8.83. The summed E-state index contributed by atoms with van der Waals surface area (Å²) in [6.07, 6.45) is 0. The Hall–Kier alpha value is -3.08. The molecule has 0 fully saturated rings. The largest absolute Gasteiger partial charge is 0.351 e. The molecule has 3 N–H and O–H groups in total. The molecule has 1 heterocycles. The number of urea groups is 1. The van der Waals surface area contributed by atoms with Crippen molar-refractivity contribution in [3.63, 3.8) is 0 Å². The summed E-state index contributed by atoms with van der Waals surface area (Å²) in [4.78, 5) is 11.3. The van der Waals surface area contributed by atoms with Crippen molar-refractivity contribution < 1.29 is 4.79 Å². The molecule has 0 radical (unpaired) electrons. The fourth-order valence-corrected chi connectivity index (χ4v) is 2.39.